The molecule has 0 heterocycles. The number of carbonyl (C=O) groups excluding carboxylic acids is 1. The van der Waals surface area contributed by atoms with E-state index in [-0.39, 0.29) is 18.3 Å². The maximum Gasteiger partial charge on any atom is 0.238 e. The van der Waals surface area contributed by atoms with Gasteiger partial charge in [-0.3, -0.25) is 10.2 Å². The minimum Gasteiger partial charge on any atom is -0.384 e. The Morgan fingerprint density at radius 2 is 2.07 bits per heavy atom. The molecule has 0 saturated heterocycles. The summed E-state index contributed by atoms with van der Waals surface area (Å²) in [5.74, 6) is -0.392. The second kappa shape index (κ2) is 4.38. The standard InChI is InChI=1S/C9H12N4O/c10-5-8(14)13-7-4-2-1-3-6(7)9(11)12/h1-4H,5,10H2,(H3,11,12)(H,13,14). The average molecular weight is 192 g/mol. The van der Waals surface area contributed by atoms with Crippen LogP contribution in [-0.2, 0) is 4.79 Å². The Hall–Kier alpha value is -1.88. The molecule has 1 aromatic carbocycles. The lowest BCUT2D eigenvalue weighted by molar-refractivity contribution is -0.114. The maximum atomic E-state index is 11.0. The van der Waals surface area contributed by atoms with E-state index in [1.807, 2.05) is 0 Å². The Bertz CT molecular complexity index is 362. The van der Waals surface area contributed by atoms with Crippen LogP contribution in [0.3, 0.4) is 0 Å². The van der Waals surface area contributed by atoms with Crippen molar-refractivity contribution in [3.05, 3.63) is 29.8 Å². The summed E-state index contributed by atoms with van der Waals surface area (Å²) in [6, 6.07) is 6.83. The third-order valence-corrected chi connectivity index (χ3v) is 1.68. The lowest BCUT2D eigenvalue weighted by Crippen LogP contribution is -2.24. The van der Waals surface area contributed by atoms with Gasteiger partial charge in [-0.05, 0) is 12.1 Å². The van der Waals surface area contributed by atoms with Gasteiger partial charge in [0.2, 0.25) is 5.91 Å². The monoisotopic (exact) mass is 192 g/mol. The summed E-state index contributed by atoms with van der Waals surface area (Å²) in [6.45, 7) is -0.0910. The SMILES string of the molecule is N=C(N)c1ccccc1NC(=O)CN. The Morgan fingerprint density at radius 3 is 2.64 bits per heavy atom. The summed E-state index contributed by atoms with van der Waals surface area (Å²) >= 11 is 0. The van der Waals surface area contributed by atoms with E-state index in [0.29, 0.717) is 11.3 Å². The van der Waals surface area contributed by atoms with Crippen LogP contribution < -0.4 is 16.8 Å². The second-order valence-electron chi connectivity index (χ2n) is 2.71. The maximum absolute atomic E-state index is 11.0. The molecule has 0 spiro atoms. The molecule has 0 unspecified atom stereocenters. The number of hydrogen-bond donors (Lipinski definition) is 4. The van der Waals surface area contributed by atoms with Gasteiger partial charge in [0.05, 0.1) is 12.2 Å². The Labute approximate surface area is 81.6 Å². The number of benzene rings is 1. The van der Waals surface area contributed by atoms with Crippen LogP contribution in [0, 0.1) is 5.41 Å². The van der Waals surface area contributed by atoms with Crippen LogP contribution in [0.2, 0.25) is 0 Å². The average Bonchev–Trinajstić information content (AvgIpc) is 2.18. The number of anilines is 1. The summed E-state index contributed by atoms with van der Waals surface area (Å²) in [5.41, 5.74) is 11.5. The third kappa shape index (κ3) is 2.30. The first-order chi connectivity index (χ1) is 6.65. The summed E-state index contributed by atoms with van der Waals surface area (Å²) < 4.78 is 0. The van der Waals surface area contributed by atoms with Crippen molar-refractivity contribution in [1.82, 2.24) is 0 Å². The van der Waals surface area contributed by atoms with Crippen LogP contribution in [-0.4, -0.2) is 18.3 Å². The van der Waals surface area contributed by atoms with Gasteiger partial charge in [-0.1, -0.05) is 12.1 Å². The number of carbonyl (C=O) groups is 1. The van der Waals surface area contributed by atoms with Crippen molar-refractivity contribution in [1.29, 1.82) is 5.41 Å². The molecule has 0 aromatic heterocycles. The molecule has 1 amide bonds. The van der Waals surface area contributed by atoms with Gasteiger partial charge in [-0.15, -0.1) is 0 Å². The minimum atomic E-state index is -0.307. The Balaban J connectivity index is 2.95. The first-order valence-electron chi connectivity index (χ1n) is 4.08. The zero-order chi connectivity index (χ0) is 10.6. The fourth-order valence-corrected chi connectivity index (χ4v) is 1.03. The van der Waals surface area contributed by atoms with E-state index in [1.165, 1.54) is 0 Å². The molecule has 0 aliphatic rings. The minimum absolute atomic E-state index is 0.0853. The molecule has 0 radical (unpaired) electrons. The molecule has 1 rings (SSSR count). The molecule has 0 bridgehead atoms. The molecule has 5 nitrogen and oxygen atoms in total. The van der Waals surface area contributed by atoms with Crippen molar-refractivity contribution in [2.45, 2.75) is 0 Å². The predicted molar refractivity (Wildman–Crippen MR) is 55.1 cm³/mol. The predicted octanol–water partition coefficient (Wildman–Crippen LogP) is -0.132. The molecule has 1 aromatic rings. The fraction of sp³-hybridized carbons (Fsp3) is 0.111. The zero-order valence-electron chi connectivity index (χ0n) is 7.58. The number of hydrogen-bond acceptors (Lipinski definition) is 3. The highest BCUT2D eigenvalue weighted by atomic mass is 16.1. The van der Waals surface area contributed by atoms with Gasteiger partial charge in [0.25, 0.3) is 0 Å². The number of nitrogens with one attached hydrogen (secondary N) is 2. The van der Waals surface area contributed by atoms with Crippen LogP contribution in [0.1, 0.15) is 5.56 Å². The Kier molecular flexibility index (Phi) is 3.19. The van der Waals surface area contributed by atoms with E-state index in [9.17, 15) is 4.79 Å². The summed E-state index contributed by atoms with van der Waals surface area (Å²) in [6.07, 6.45) is 0. The van der Waals surface area contributed by atoms with Gasteiger partial charge < -0.3 is 16.8 Å². The van der Waals surface area contributed by atoms with Gasteiger partial charge in [0, 0.05) is 5.56 Å². The highest BCUT2D eigenvalue weighted by Gasteiger charge is 2.06. The van der Waals surface area contributed by atoms with Gasteiger partial charge >= 0.3 is 0 Å². The van der Waals surface area contributed by atoms with E-state index in [4.69, 9.17) is 16.9 Å². The first kappa shape index (κ1) is 10.2. The Morgan fingerprint density at radius 1 is 1.43 bits per heavy atom. The van der Waals surface area contributed by atoms with Gasteiger partial charge in [-0.2, -0.15) is 0 Å². The van der Waals surface area contributed by atoms with Crippen LogP contribution in [0.5, 0.6) is 0 Å². The molecule has 74 valence electrons. The number of para-hydroxylation sites is 1. The second-order valence-corrected chi connectivity index (χ2v) is 2.71. The van der Waals surface area contributed by atoms with Gasteiger partial charge in [-0.25, -0.2) is 0 Å². The highest BCUT2D eigenvalue weighted by molar-refractivity contribution is 6.04. The smallest absolute Gasteiger partial charge is 0.238 e. The molecular weight excluding hydrogens is 180 g/mol. The molecule has 0 atom stereocenters. The molecule has 5 heteroatoms. The van der Waals surface area contributed by atoms with E-state index in [1.54, 1.807) is 24.3 Å². The quantitative estimate of drug-likeness (QED) is 0.396. The lowest BCUT2D eigenvalue weighted by Gasteiger charge is -2.08. The normalized spacial score (nSPS) is 9.50. The van der Waals surface area contributed by atoms with Crippen LogP contribution >= 0.6 is 0 Å². The number of amidine groups is 1. The van der Waals surface area contributed by atoms with Gasteiger partial charge in [0.15, 0.2) is 0 Å². The highest BCUT2D eigenvalue weighted by Crippen LogP contribution is 2.13. The summed E-state index contributed by atoms with van der Waals surface area (Å²) in [4.78, 5) is 11.0. The fourth-order valence-electron chi connectivity index (χ4n) is 1.03. The topological polar surface area (TPSA) is 105 Å². The third-order valence-electron chi connectivity index (χ3n) is 1.68. The van der Waals surface area contributed by atoms with E-state index >= 15 is 0 Å². The van der Waals surface area contributed by atoms with Crippen molar-refractivity contribution < 1.29 is 4.79 Å². The van der Waals surface area contributed by atoms with Gasteiger partial charge in [0.1, 0.15) is 5.84 Å². The molecule has 14 heavy (non-hydrogen) atoms. The lowest BCUT2D eigenvalue weighted by atomic mass is 10.1. The molecule has 0 aliphatic heterocycles. The van der Waals surface area contributed by atoms with E-state index < -0.39 is 0 Å². The summed E-state index contributed by atoms with van der Waals surface area (Å²) in [5, 5.41) is 9.83. The van der Waals surface area contributed by atoms with Crippen molar-refractivity contribution in [3.8, 4) is 0 Å². The van der Waals surface area contributed by atoms with Crippen LogP contribution in [0.25, 0.3) is 0 Å². The van der Waals surface area contributed by atoms with E-state index in [0.717, 1.165) is 0 Å². The molecule has 0 aliphatic carbocycles. The molecule has 6 N–H and O–H groups in total. The van der Waals surface area contributed by atoms with Crippen molar-refractivity contribution >= 4 is 17.4 Å². The zero-order valence-corrected chi connectivity index (χ0v) is 7.58. The van der Waals surface area contributed by atoms with Crippen molar-refractivity contribution in [2.75, 3.05) is 11.9 Å². The van der Waals surface area contributed by atoms with E-state index in [2.05, 4.69) is 5.32 Å². The van der Waals surface area contributed by atoms with Crippen molar-refractivity contribution in [2.24, 2.45) is 11.5 Å². The molecule has 0 fully saturated rings. The van der Waals surface area contributed by atoms with Crippen LogP contribution in [0.4, 0.5) is 5.69 Å². The number of nitrogens with two attached hydrogens (primary N) is 2. The van der Waals surface area contributed by atoms with Crippen LogP contribution in [0.15, 0.2) is 24.3 Å². The molecule has 0 saturated carbocycles. The number of amides is 1. The first-order valence-corrected chi connectivity index (χ1v) is 4.08. The van der Waals surface area contributed by atoms with Crippen molar-refractivity contribution in [3.63, 3.8) is 0 Å². The summed E-state index contributed by atoms with van der Waals surface area (Å²) in [7, 11) is 0. The number of nitrogen functional groups attached to an aromatic ring is 1. The largest absolute Gasteiger partial charge is 0.384 e. The number of rotatable bonds is 3. The molecular formula is C9H12N4O.